The van der Waals surface area contributed by atoms with Gasteiger partial charge in [-0.25, -0.2) is 0 Å². The smallest absolute Gasteiger partial charge is 0.0190 e. The second-order valence-corrected chi connectivity index (χ2v) is 8.64. The monoisotopic (exact) mass is 401 g/mol. The standard InChI is InChI=1S/C29H53/c1-4-7-10-13-16-19-22-25-28-29(26-23-20-17-14-11-8-5-2)27-24-21-18-15-12-9-6-3/h17,20,24-25,27-28H,4-16,18-19,21-23,26H2,1-3H3. The average molecular weight is 402 g/mol. The Labute approximate surface area is 185 Å². The Morgan fingerprint density at radius 2 is 0.793 bits per heavy atom. The first kappa shape index (κ1) is 28.2. The van der Waals surface area contributed by atoms with Crippen molar-refractivity contribution in [3.8, 4) is 0 Å². The molecule has 0 amide bonds. The largest absolute Gasteiger partial charge is 0.0885 e. The van der Waals surface area contributed by atoms with Crippen molar-refractivity contribution in [1.82, 2.24) is 0 Å². The van der Waals surface area contributed by atoms with Crippen molar-refractivity contribution in [2.75, 3.05) is 0 Å². The van der Waals surface area contributed by atoms with Gasteiger partial charge < -0.3 is 0 Å². The summed E-state index contributed by atoms with van der Waals surface area (Å²) in [6, 6.07) is 0. The lowest BCUT2D eigenvalue weighted by Gasteiger charge is -2.06. The molecule has 1 radical (unpaired) electrons. The van der Waals surface area contributed by atoms with Gasteiger partial charge in [0, 0.05) is 5.92 Å². The van der Waals surface area contributed by atoms with E-state index in [0.717, 1.165) is 0 Å². The van der Waals surface area contributed by atoms with Crippen molar-refractivity contribution >= 4 is 0 Å². The van der Waals surface area contributed by atoms with Crippen LogP contribution in [0.3, 0.4) is 0 Å². The maximum Gasteiger partial charge on any atom is 0.0190 e. The van der Waals surface area contributed by atoms with Gasteiger partial charge in [0.15, 0.2) is 0 Å². The molecular formula is C29H53. The fourth-order valence-corrected chi connectivity index (χ4v) is 3.60. The first-order valence-electron chi connectivity index (χ1n) is 13.2. The van der Waals surface area contributed by atoms with Gasteiger partial charge in [-0.2, -0.15) is 0 Å². The summed E-state index contributed by atoms with van der Waals surface area (Å²) in [5.41, 5.74) is 0. The van der Waals surface area contributed by atoms with Crippen molar-refractivity contribution in [3.05, 3.63) is 42.4 Å². The molecule has 0 heteroatoms. The van der Waals surface area contributed by atoms with E-state index < -0.39 is 0 Å². The van der Waals surface area contributed by atoms with Gasteiger partial charge >= 0.3 is 0 Å². The van der Waals surface area contributed by atoms with Gasteiger partial charge in [-0.15, -0.1) is 0 Å². The fraction of sp³-hybridized carbons (Fsp3) is 0.759. The van der Waals surface area contributed by atoms with Gasteiger partial charge in [0.2, 0.25) is 0 Å². The lowest BCUT2D eigenvalue weighted by molar-refractivity contribution is 0.611. The molecule has 0 fully saturated rings. The van der Waals surface area contributed by atoms with Crippen LogP contribution in [-0.4, -0.2) is 0 Å². The molecule has 169 valence electrons. The highest BCUT2D eigenvalue weighted by Crippen LogP contribution is 2.17. The van der Waals surface area contributed by atoms with Crippen LogP contribution in [0.1, 0.15) is 143 Å². The minimum atomic E-state index is 1.18. The predicted octanol–water partition coefficient (Wildman–Crippen LogP) is 10.7. The third-order valence-electron chi connectivity index (χ3n) is 5.60. The minimum Gasteiger partial charge on any atom is -0.0885 e. The highest BCUT2D eigenvalue weighted by atomic mass is 14.0. The average Bonchev–Trinajstić information content (AvgIpc) is 2.73. The van der Waals surface area contributed by atoms with Crippen molar-refractivity contribution in [3.63, 3.8) is 0 Å². The van der Waals surface area contributed by atoms with Crippen LogP contribution < -0.4 is 0 Å². The van der Waals surface area contributed by atoms with Crippen LogP contribution in [0, 0.1) is 5.92 Å². The molecule has 0 aromatic heterocycles. The summed E-state index contributed by atoms with van der Waals surface area (Å²) in [7, 11) is 0. The van der Waals surface area contributed by atoms with Crippen LogP contribution in [0.4, 0.5) is 0 Å². The quantitative estimate of drug-likeness (QED) is 0.125. The van der Waals surface area contributed by atoms with Gasteiger partial charge in [0.1, 0.15) is 0 Å². The first-order valence-corrected chi connectivity index (χ1v) is 13.2. The van der Waals surface area contributed by atoms with E-state index in [0.29, 0.717) is 0 Å². The van der Waals surface area contributed by atoms with Crippen LogP contribution in [0.25, 0.3) is 0 Å². The van der Waals surface area contributed by atoms with E-state index in [-0.39, 0.29) is 0 Å². The molecule has 0 bridgehead atoms. The third-order valence-corrected chi connectivity index (χ3v) is 5.60. The van der Waals surface area contributed by atoms with Crippen molar-refractivity contribution in [1.29, 1.82) is 0 Å². The molecule has 0 N–H and O–H groups in total. The summed E-state index contributed by atoms with van der Waals surface area (Å²) in [6.45, 7) is 6.86. The molecule has 0 rings (SSSR count). The van der Waals surface area contributed by atoms with Gasteiger partial charge in [-0.05, 0) is 51.4 Å². The topological polar surface area (TPSA) is 0 Å². The Bertz CT molecular complexity index is 373. The molecule has 0 aromatic rings. The zero-order chi connectivity index (χ0) is 21.3. The van der Waals surface area contributed by atoms with Crippen molar-refractivity contribution in [2.24, 2.45) is 0 Å². The zero-order valence-electron chi connectivity index (χ0n) is 20.4. The van der Waals surface area contributed by atoms with Crippen LogP contribution in [0.15, 0.2) is 36.5 Å². The fourth-order valence-electron chi connectivity index (χ4n) is 3.60. The molecule has 0 aliphatic rings. The summed E-state index contributed by atoms with van der Waals surface area (Å²) < 4.78 is 0. The summed E-state index contributed by atoms with van der Waals surface area (Å²) in [4.78, 5) is 0. The van der Waals surface area contributed by atoms with Crippen LogP contribution >= 0.6 is 0 Å². The number of hydrogen-bond donors (Lipinski definition) is 0. The molecule has 0 saturated carbocycles. The maximum absolute atomic E-state index is 2.42. The lowest BCUT2D eigenvalue weighted by atomic mass is 9.99. The van der Waals surface area contributed by atoms with Gasteiger partial charge in [0.05, 0.1) is 0 Å². The maximum atomic E-state index is 2.42. The number of unbranched alkanes of at least 4 members (excludes halogenated alkanes) is 14. The predicted molar refractivity (Wildman–Crippen MR) is 135 cm³/mol. The molecule has 0 aromatic carbocycles. The van der Waals surface area contributed by atoms with Gasteiger partial charge in [-0.1, -0.05) is 128 Å². The zero-order valence-corrected chi connectivity index (χ0v) is 20.4. The molecule has 0 unspecified atom stereocenters. The van der Waals surface area contributed by atoms with Crippen LogP contribution in [0.5, 0.6) is 0 Å². The normalized spacial score (nSPS) is 12.4. The molecule has 0 aliphatic heterocycles. The SMILES string of the molecule is CCCCCC=CCC[C](C=CCCCCCCC)C=CCCCCCCCC. The lowest BCUT2D eigenvalue weighted by Crippen LogP contribution is -1.89. The third kappa shape index (κ3) is 23.4. The number of hydrogen-bond acceptors (Lipinski definition) is 0. The van der Waals surface area contributed by atoms with Gasteiger partial charge in [0.25, 0.3) is 0 Å². The molecule has 0 aliphatic carbocycles. The second kappa shape index (κ2) is 25.3. The van der Waals surface area contributed by atoms with Crippen molar-refractivity contribution < 1.29 is 0 Å². The van der Waals surface area contributed by atoms with E-state index >= 15 is 0 Å². The Morgan fingerprint density at radius 3 is 1.34 bits per heavy atom. The van der Waals surface area contributed by atoms with E-state index in [1.807, 2.05) is 0 Å². The summed E-state index contributed by atoms with van der Waals surface area (Å²) in [6.07, 6.45) is 39.8. The first-order chi connectivity index (χ1) is 14.3. The highest BCUT2D eigenvalue weighted by Gasteiger charge is 2.00. The Balaban J connectivity index is 4.13. The summed E-state index contributed by atoms with van der Waals surface area (Å²) in [5.74, 6) is 1.52. The number of allylic oxidation sites excluding steroid dienone is 6. The molecule has 29 heavy (non-hydrogen) atoms. The molecule has 0 atom stereocenters. The van der Waals surface area contributed by atoms with E-state index in [2.05, 4.69) is 57.2 Å². The van der Waals surface area contributed by atoms with Crippen LogP contribution in [-0.2, 0) is 0 Å². The van der Waals surface area contributed by atoms with E-state index in [1.165, 1.54) is 128 Å². The summed E-state index contributed by atoms with van der Waals surface area (Å²) in [5, 5.41) is 0. The molecule has 0 heterocycles. The van der Waals surface area contributed by atoms with Crippen LogP contribution in [0.2, 0.25) is 0 Å². The number of rotatable bonds is 22. The van der Waals surface area contributed by atoms with E-state index in [9.17, 15) is 0 Å². The molecule has 0 spiro atoms. The molecule has 0 saturated heterocycles. The molecular weight excluding hydrogens is 348 g/mol. The minimum absolute atomic E-state index is 1.18. The van der Waals surface area contributed by atoms with Gasteiger partial charge in [-0.3, -0.25) is 0 Å². The van der Waals surface area contributed by atoms with E-state index in [1.54, 1.807) is 0 Å². The Hall–Kier alpha value is -0.780. The highest BCUT2D eigenvalue weighted by molar-refractivity contribution is 5.23. The van der Waals surface area contributed by atoms with Crippen molar-refractivity contribution in [2.45, 2.75) is 143 Å². The molecule has 0 nitrogen and oxygen atoms in total. The second-order valence-electron chi connectivity index (χ2n) is 8.64. The van der Waals surface area contributed by atoms with E-state index in [4.69, 9.17) is 0 Å². The Kier molecular flexibility index (Phi) is 24.6. The Morgan fingerprint density at radius 1 is 0.414 bits per heavy atom. The summed E-state index contributed by atoms with van der Waals surface area (Å²) >= 11 is 0.